The maximum Gasteiger partial charge on any atom is 0.433 e. The summed E-state index contributed by atoms with van der Waals surface area (Å²) in [4.78, 5) is 12.1. The number of aryl methyl sites for hydroxylation is 1. The smallest absolute Gasteiger partial charge is 0.390 e. The molecule has 1 unspecified atom stereocenters. The molecule has 1 aliphatic heterocycles. The Kier molecular flexibility index (Phi) is 5.98. The maximum absolute atomic E-state index is 12.9. The lowest BCUT2D eigenvalue weighted by atomic mass is 9.77. The fourth-order valence-corrected chi connectivity index (χ4v) is 5.26. The summed E-state index contributed by atoms with van der Waals surface area (Å²) in [6.45, 7) is 4.19. The summed E-state index contributed by atoms with van der Waals surface area (Å²) in [5.41, 5.74) is -0.308. The number of hydrogen-bond donors (Lipinski definition) is 3. The Hall–Kier alpha value is -2.17. The average Bonchev–Trinajstić information content (AvgIpc) is 3.21. The fraction of sp³-hybridized carbons (Fsp3) is 0.500. The second-order valence-corrected chi connectivity index (χ2v) is 9.99. The number of hydrogen-bond acceptors (Lipinski definition) is 7. The van der Waals surface area contributed by atoms with Crippen molar-refractivity contribution in [2.75, 3.05) is 11.9 Å². The minimum Gasteiger partial charge on any atom is -0.390 e. The monoisotopic (exact) mass is 466 g/mol. The molecular weight excluding hydrogens is 441 g/mol. The highest BCUT2D eigenvalue weighted by Crippen LogP contribution is 2.45. The summed E-state index contributed by atoms with van der Waals surface area (Å²) in [7, 11) is 0. The Morgan fingerprint density at radius 1 is 1.12 bits per heavy atom. The van der Waals surface area contributed by atoms with Gasteiger partial charge in [0.05, 0.1) is 17.4 Å². The topological polar surface area (TPSA) is 90.6 Å². The SMILES string of the molecule is Cc1cc(Nc2nccc(C(F)(F)F)n2)cc(C2CN=C(C3(O)CCC(C)(O)CC3)S2)c1. The van der Waals surface area contributed by atoms with Crippen molar-refractivity contribution in [3.05, 3.63) is 47.3 Å². The lowest BCUT2D eigenvalue weighted by Gasteiger charge is -2.39. The van der Waals surface area contributed by atoms with Crippen LogP contribution in [0.4, 0.5) is 24.8 Å². The van der Waals surface area contributed by atoms with Crippen LogP contribution in [0.1, 0.15) is 54.7 Å². The predicted molar refractivity (Wildman–Crippen MR) is 118 cm³/mol. The second-order valence-electron chi connectivity index (χ2n) is 8.80. The van der Waals surface area contributed by atoms with Crippen molar-refractivity contribution in [1.82, 2.24) is 9.97 Å². The Bertz CT molecular complexity index is 1030. The Morgan fingerprint density at radius 2 is 1.84 bits per heavy atom. The van der Waals surface area contributed by atoms with E-state index in [-0.39, 0.29) is 11.2 Å². The van der Waals surface area contributed by atoms with Gasteiger partial charge in [-0.2, -0.15) is 13.2 Å². The third kappa shape index (κ3) is 5.07. The van der Waals surface area contributed by atoms with Crippen molar-refractivity contribution >= 4 is 28.4 Å². The molecule has 2 heterocycles. The first-order chi connectivity index (χ1) is 14.9. The Labute approximate surface area is 188 Å². The lowest BCUT2D eigenvalue weighted by Crippen LogP contribution is -2.45. The van der Waals surface area contributed by atoms with Gasteiger partial charge in [0.15, 0.2) is 0 Å². The number of thioether (sulfide) groups is 1. The van der Waals surface area contributed by atoms with Crippen LogP contribution in [0.5, 0.6) is 0 Å². The van der Waals surface area contributed by atoms with Gasteiger partial charge in [0, 0.05) is 11.9 Å². The molecule has 32 heavy (non-hydrogen) atoms. The molecule has 3 N–H and O–H groups in total. The molecule has 1 saturated carbocycles. The quantitative estimate of drug-likeness (QED) is 0.600. The minimum absolute atomic E-state index is 0.0145. The largest absolute Gasteiger partial charge is 0.433 e. The van der Waals surface area contributed by atoms with Crippen LogP contribution in [0.25, 0.3) is 0 Å². The van der Waals surface area contributed by atoms with E-state index < -0.39 is 23.1 Å². The van der Waals surface area contributed by atoms with E-state index in [1.165, 1.54) is 11.8 Å². The number of alkyl halides is 3. The highest BCUT2D eigenvalue weighted by molar-refractivity contribution is 8.14. The summed E-state index contributed by atoms with van der Waals surface area (Å²) in [5, 5.41) is 24.8. The van der Waals surface area contributed by atoms with Crippen LogP contribution in [0, 0.1) is 6.92 Å². The van der Waals surface area contributed by atoms with Crippen LogP contribution in [0.3, 0.4) is 0 Å². The highest BCUT2D eigenvalue weighted by Gasteiger charge is 2.44. The van der Waals surface area contributed by atoms with E-state index in [2.05, 4.69) is 20.3 Å². The molecule has 2 aromatic rings. The average molecular weight is 467 g/mol. The molecular formula is C22H25F3N4O2S. The molecule has 1 aromatic carbocycles. The van der Waals surface area contributed by atoms with Gasteiger partial charge in [0.2, 0.25) is 5.95 Å². The lowest BCUT2D eigenvalue weighted by molar-refractivity contribution is -0.141. The van der Waals surface area contributed by atoms with Gasteiger partial charge in [0.1, 0.15) is 16.3 Å². The summed E-state index contributed by atoms with van der Waals surface area (Å²) in [6.07, 6.45) is -1.51. The molecule has 1 aromatic heterocycles. The molecule has 0 bridgehead atoms. The molecule has 172 valence electrons. The number of rotatable bonds is 4. The molecule has 1 aliphatic carbocycles. The van der Waals surface area contributed by atoms with Gasteiger partial charge in [0.25, 0.3) is 0 Å². The summed E-state index contributed by atoms with van der Waals surface area (Å²) >= 11 is 1.51. The number of aliphatic hydroxyl groups is 2. The van der Waals surface area contributed by atoms with Crippen molar-refractivity contribution in [3.8, 4) is 0 Å². The third-order valence-electron chi connectivity index (χ3n) is 5.88. The number of anilines is 2. The van der Waals surface area contributed by atoms with E-state index in [1.807, 2.05) is 25.1 Å². The molecule has 0 spiro atoms. The number of halogens is 3. The summed E-state index contributed by atoms with van der Waals surface area (Å²) < 4.78 is 38.8. The Balaban J connectivity index is 1.48. The van der Waals surface area contributed by atoms with Crippen LogP contribution in [0.2, 0.25) is 0 Å². The maximum atomic E-state index is 12.9. The standard InChI is InChI=1S/C22H25F3N4O2S/c1-13-9-14(11-15(10-13)28-19-26-8-3-17(29-19)22(23,24)25)16-12-27-18(32-16)21(31)6-4-20(2,30)5-7-21/h3,8-11,16,30-31H,4-7,12H2,1-2H3,(H,26,28,29). The molecule has 0 radical (unpaired) electrons. The van der Waals surface area contributed by atoms with Gasteiger partial charge >= 0.3 is 6.18 Å². The number of nitrogens with zero attached hydrogens (tertiary/aromatic N) is 3. The second kappa shape index (κ2) is 8.31. The number of nitrogens with one attached hydrogen (secondary N) is 1. The Morgan fingerprint density at radius 3 is 2.53 bits per heavy atom. The van der Waals surface area contributed by atoms with Crippen LogP contribution in [0.15, 0.2) is 35.5 Å². The molecule has 0 saturated heterocycles. The summed E-state index contributed by atoms with van der Waals surface area (Å²) in [6, 6.07) is 6.49. The first kappa shape index (κ1) is 23.0. The third-order valence-corrected chi connectivity index (χ3v) is 7.32. The van der Waals surface area contributed by atoms with E-state index >= 15 is 0 Å². The predicted octanol–water partition coefficient (Wildman–Crippen LogP) is 4.79. The molecule has 1 atom stereocenters. The zero-order valence-corrected chi connectivity index (χ0v) is 18.6. The first-order valence-corrected chi connectivity index (χ1v) is 11.3. The van der Waals surface area contributed by atoms with Crippen LogP contribution in [-0.4, -0.2) is 43.0 Å². The van der Waals surface area contributed by atoms with Crippen LogP contribution in [-0.2, 0) is 6.18 Å². The van der Waals surface area contributed by atoms with E-state index in [4.69, 9.17) is 0 Å². The van der Waals surface area contributed by atoms with Crippen molar-refractivity contribution < 1.29 is 23.4 Å². The zero-order valence-electron chi connectivity index (χ0n) is 17.8. The van der Waals surface area contributed by atoms with Crippen LogP contribution < -0.4 is 5.32 Å². The van der Waals surface area contributed by atoms with Gasteiger partial charge in [-0.3, -0.25) is 4.99 Å². The van der Waals surface area contributed by atoms with Crippen molar-refractivity contribution in [2.24, 2.45) is 4.99 Å². The molecule has 2 aliphatic rings. The van der Waals surface area contributed by atoms with Crippen molar-refractivity contribution in [1.29, 1.82) is 0 Å². The molecule has 10 heteroatoms. The fourth-order valence-electron chi connectivity index (χ4n) is 4.00. The minimum atomic E-state index is -4.54. The van der Waals surface area contributed by atoms with Gasteiger partial charge < -0.3 is 15.5 Å². The normalized spacial score (nSPS) is 28.5. The van der Waals surface area contributed by atoms with E-state index in [1.54, 1.807) is 6.92 Å². The zero-order chi connectivity index (χ0) is 23.1. The van der Waals surface area contributed by atoms with Crippen LogP contribution >= 0.6 is 11.8 Å². The van der Waals surface area contributed by atoms with Gasteiger partial charge in [-0.1, -0.05) is 17.8 Å². The van der Waals surface area contributed by atoms with Gasteiger partial charge in [-0.25, -0.2) is 9.97 Å². The van der Waals surface area contributed by atoms with E-state index in [9.17, 15) is 23.4 Å². The van der Waals surface area contributed by atoms with E-state index in [0.29, 0.717) is 43.0 Å². The number of benzene rings is 1. The molecule has 0 amide bonds. The molecule has 1 fully saturated rings. The summed E-state index contributed by atoms with van der Waals surface area (Å²) in [5.74, 6) is -0.129. The van der Waals surface area contributed by atoms with E-state index in [0.717, 1.165) is 23.4 Å². The number of aliphatic imine (C=N–C) groups is 1. The molecule has 4 rings (SSSR count). The highest BCUT2D eigenvalue weighted by atomic mass is 32.2. The van der Waals surface area contributed by atoms with Gasteiger partial charge in [-0.15, -0.1) is 0 Å². The van der Waals surface area contributed by atoms with Crippen molar-refractivity contribution in [3.63, 3.8) is 0 Å². The van der Waals surface area contributed by atoms with Gasteiger partial charge in [-0.05, 0) is 68.9 Å². The number of aromatic nitrogens is 2. The molecule has 6 nitrogen and oxygen atoms in total. The van der Waals surface area contributed by atoms with Crippen molar-refractivity contribution in [2.45, 2.75) is 62.2 Å². The first-order valence-electron chi connectivity index (χ1n) is 10.4.